The molecule has 146 valence electrons. The molecule has 2 heterocycles. The van der Waals surface area contributed by atoms with E-state index in [1.165, 1.54) is 16.4 Å². The number of H-pyrrole nitrogens is 1. The molecule has 0 atom stereocenters. The molecule has 4 aromatic rings. The topological polar surface area (TPSA) is 102 Å². The van der Waals surface area contributed by atoms with Gasteiger partial charge in [0.15, 0.2) is 5.78 Å². The van der Waals surface area contributed by atoms with Crippen LogP contribution in [0.25, 0.3) is 22.8 Å². The van der Waals surface area contributed by atoms with E-state index in [1.807, 2.05) is 30.3 Å². The molecule has 0 bridgehead atoms. The fourth-order valence-electron chi connectivity index (χ4n) is 2.61. The van der Waals surface area contributed by atoms with E-state index in [9.17, 15) is 4.79 Å². The Morgan fingerprint density at radius 2 is 1.86 bits per heavy atom. The van der Waals surface area contributed by atoms with Gasteiger partial charge < -0.3 is 5.84 Å². The number of nitrogens with zero attached hydrogens (tertiary/aromatic N) is 4. The van der Waals surface area contributed by atoms with E-state index in [1.54, 1.807) is 24.3 Å². The molecule has 3 N–H and O–H groups in total. The van der Waals surface area contributed by atoms with Crippen molar-refractivity contribution in [1.82, 2.24) is 25.1 Å². The van der Waals surface area contributed by atoms with Gasteiger partial charge in [-0.25, -0.2) is 4.68 Å². The van der Waals surface area contributed by atoms with Crippen molar-refractivity contribution >= 4 is 45.1 Å². The third kappa shape index (κ3) is 4.36. The van der Waals surface area contributed by atoms with Crippen LogP contribution in [0.5, 0.6) is 0 Å². The highest BCUT2D eigenvalue weighted by Crippen LogP contribution is 2.26. The normalized spacial score (nSPS) is 11.0. The fourth-order valence-corrected chi connectivity index (χ4v) is 3.75. The van der Waals surface area contributed by atoms with E-state index in [4.69, 9.17) is 17.4 Å². The lowest BCUT2D eigenvalue weighted by Crippen LogP contribution is -2.13. The third-order valence-electron chi connectivity index (χ3n) is 4.12. The summed E-state index contributed by atoms with van der Waals surface area (Å²) < 4.78 is 2.27. The molecule has 7 nitrogen and oxygen atoms in total. The van der Waals surface area contributed by atoms with Crippen molar-refractivity contribution in [2.24, 2.45) is 0 Å². The highest BCUT2D eigenvalue weighted by molar-refractivity contribution is 9.10. The number of hydrogen-bond donors (Lipinski definition) is 2. The number of carbonyl (C=O) groups excluding carboxylic acids is 1. The predicted molar refractivity (Wildman–Crippen MR) is 117 cm³/mol. The third-order valence-corrected chi connectivity index (χ3v) is 5.85. The molecule has 0 aliphatic heterocycles. The molecule has 2 aromatic heterocycles. The maximum Gasteiger partial charge on any atom is 0.210 e. The van der Waals surface area contributed by atoms with Crippen molar-refractivity contribution in [3.63, 3.8) is 0 Å². The van der Waals surface area contributed by atoms with Gasteiger partial charge in [0, 0.05) is 20.6 Å². The van der Waals surface area contributed by atoms with E-state index in [-0.39, 0.29) is 11.5 Å². The standard InChI is InChI=1S/C19H14BrClN6OS/c20-13-5-1-12(2-6-13)17(28)10-29-19-26-25-18(27(19)22)16-9-15(23-24-16)11-3-7-14(21)8-4-11/h1-9H,10,22H2,(H,23,24). The first-order chi connectivity index (χ1) is 14.0. The summed E-state index contributed by atoms with van der Waals surface area (Å²) in [7, 11) is 0. The summed E-state index contributed by atoms with van der Waals surface area (Å²) in [5, 5.41) is 16.5. The zero-order chi connectivity index (χ0) is 20.4. The number of Topliss-reactive ketones (excluding diaryl/α,β-unsaturated/α-hetero) is 1. The minimum Gasteiger partial charge on any atom is -0.335 e. The van der Waals surface area contributed by atoms with Crippen LogP contribution >= 0.6 is 39.3 Å². The second kappa shape index (κ2) is 8.40. The number of rotatable bonds is 6. The monoisotopic (exact) mass is 488 g/mol. The van der Waals surface area contributed by atoms with Crippen LogP contribution in [0.15, 0.2) is 64.2 Å². The molecular formula is C19H14BrClN6OS. The molecule has 4 rings (SSSR count). The highest BCUT2D eigenvalue weighted by atomic mass is 79.9. The van der Waals surface area contributed by atoms with Gasteiger partial charge in [-0.15, -0.1) is 10.2 Å². The first-order valence-corrected chi connectivity index (χ1v) is 10.6. The van der Waals surface area contributed by atoms with Crippen LogP contribution in [-0.4, -0.2) is 36.6 Å². The number of halogens is 2. The summed E-state index contributed by atoms with van der Waals surface area (Å²) in [6.45, 7) is 0. The average Bonchev–Trinajstić information content (AvgIpc) is 3.34. The zero-order valence-electron chi connectivity index (χ0n) is 14.8. The van der Waals surface area contributed by atoms with Crippen molar-refractivity contribution in [1.29, 1.82) is 0 Å². The number of carbonyl (C=O) groups is 1. The van der Waals surface area contributed by atoms with Crippen LogP contribution in [0.2, 0.25) is 5.02 Å². The largest absolute Gasteiger partial charge is 0.335 e. The van der Waals surface area contributed by atoms with Crippen molar-refractivity contribution in [2.75, 3.05) is 11.6 Å². The lowest BCUT2D eigenvalue weighted by Gasteiger charge is -2.03. The Hall–Kier alpha value is -2.62. The molecule has 0 radical (unpaired) electrons. The SMILES string of the molecule is Nn1c(SCC(=O)c2ccc(Br)cc2)nnc1-c1cc(-c2ccc(Cl)cc2)n[nH]1. The number of ketones is 1. The lowest BCUT2D eigenvalue weighted by atomic mass is 10.1. The molecule has 0 amide bonds. The molecule has 0 fully saturated rings. The lowest BCUT2D eigenvalue weighted by molar-refractivity contribution is 0.102. The molecule has 0 aliphatic carbocycles. The van der Waals surface area contributed by atoms with Crippen molar-refractivity contribution in [3.05, 3.63) is 69.7 Å². The number of hydrogen-bond acceptors (Lipinski definition) is 6. The van der Waals surface area contributed by atoms with Gasteiger partial charge in [0.25, 0.3) is 0 Å². The van der Waals surface area contributed by atoms with Gasteiger partial charge in [0.05, 0.1) is 11.4 Å². The Labute approximate surface area is 183 Å². The summed E-state index contributed by atoms with van der Waals surface area (Å²) in [5.74, 6) is 6.75. The molecule has 0 saturated heterocycles. The van der Waals surface area contributed by atoms with Crippen molar-refractivity contribution in [3.8, 4) is 22.8 Å². The Kier molecular flexibility index (Phi) is 5.70. The number of nitrogens with two attached hydrogens (primary N) is 1. The average molecular weight is 490 g/mol. The van der Waals surface area contributed by atoms with Crippen LogP contribution in [0.3, 0.4) is 0 Å². The van der Waals surface area contributed by atoms with Gasteiger partial charge in [-0.2, -0.15) is 5.10 Å². The molecular weight excluding hydrogens is 476 g/mol. The van der Waals surface area contributed by atoms with Crippen LogP contribution in [0, 0.1) is 0 Å². The van der Waals surface area contributed by atoms with Crippen LogP contribution in [-0.2, 0) is 0 Å². The predicted octanol–water partition coefficient (Wildman–Crippen LogP) is 4.44. The van der Waals surface area contributed by atoms with E-state index in [2.05, 4.69) is 36.3 Å². The molecule has 0 saturated carbocycles. The molecule has 2 aromatic carbocycles. The molecule has 0 unspecified atom stereocenters. The summed E-state index contributed by atoms with van der Waals surface area (Å²) in [6, 6.07) is 16.4. The van der Waals surface area contributed by atoms with Gasteiger partial charge in [-0.1, -0.05) is 63.6 Å². The Balaban J connectivity index is 1.48. The van der Waals surface area contributed by atoms with E-state index < -0.39 is 0 Å². The number of nitrogens with one attached hydrogen (secondary N) is 1. The summed E-state index contributed by atoms with van der Waals surface area (Å²) in [4.78, 5) is 12.3. The Morgan fingerprint density at radius 3 is 2.59 bits per heavy atom. The van der Waals surface area contributed by atoms with Crippen molar-refractivity contribution < 1.29 is 4.79 Å². The summed E-state index contributed by atoms with van der Waals surface area (Å²) in [6.07, 6.45) is 0. The number of aromatic amines is 1. The first-order valence-electron chi connectivity index (χ1n) is 8.45. The second-order valence-electron chi connectivity index (χ2n) is 6.07. The van der Waals surface area contributed by atoms with E-state index in [0.717, 1.165) is 15.7 Å². The minimum atomic E-state index is -0.0152. The smallest absolute Gasteiger partial charge is 0.210 e. The second-order valence-corrected chi connectivity index (χ2v) is 8.36. The Morgan fingerprint density at radius 1 is 1.14 bits per heavy atom. The van der Waals surface area contributed by atoms with Crippen LogP contribution < -0.4 is 5.84 Å². The van der Waals surface area contributed by atoms with Crippen LogP contribution in [0.4, 0.5) is 0 Å². The van der Waals surface area contributed by atoms with Gasteiger partial charge in [-0.05, 0) is 30.3 Å². The number of benzene rings is 2. The summed E-state index contributed by atoms with van der Waals surface area (Å²) in [5.41, 5.74) is 2.90. The van der Waals surface area contributed by atoms with E-state index >= 15 is 0 Å². The highest BCUT2D eigenvalue weighted by Gasteiger charge is 2.17. The number of aromatic nitrogens is 5. The van der Waals surface area contributed by atoms with Gasteiger partial charge >= 0.3 is 0 Å². The first kappa shape index (κ1) is 19.7. The minimum absolute atomic E-state index is 0.0152. The van der Waals surface area contributed by atoms with Crippen molar-refractivity contribution in [2.45, 2.75) is 5.16 Å². The van der Waals surface area contributed by atoms with Gasteiger partial charge in [0.2, 0.25) is 11.0 Å². The van der Waals surface area contributed by atoms with E-state index in [0.29, 0.717) is 27.3 Å². The van der Waals surface area contributed by atoms with Gasteiger partial charge in [-0.3, -0.25) is 9.89 Å². The Bertz CT molecular complexity index is 1160. The maximum atomic E-state index is 12.3. The molecule has 0 spiro atoms. The molecule has 29 heavy (non-hydrogen) atoms. The summed E-state index contributed by atoms with van der Waals surface area (Å²) >= 11 is 10.5. The zero-order valence-corrected chi connectivity index (χ0v) is 18.0. The quantitative estimate of drug-likeness (QED) is 0.236. The molecule has 10 heteroatoms. The fraction of sp³-hybridized carbons (Fsp3) is 0.0526. The maximum absolute atomic E-state index is 12.3. The molecule has 0 aliphatic rings. The van der Waals surface area contributed by atoms with Crippen LogP contribution in [0.1, 0.15) is 10.4 Å². The van der Waals surface area contributed by atoms with Gasteiger partial charge in [0.1, 0.15) is 5.69 Å². The number of thioether (sulfide) groups is 1. The number of nitrogen functional groups attached to an aromatic ring is 1.